The fraction of sp³-hybridized carbons (Fsp3) is 0.556. The molecule has 1 aliphatic carbocycles. The Morgan fingerprint density at radius 1 is 1.14 bits per heavy atom. The molecule has 1 saturated carbocycles. The summed E-state index contributed by atoms with van der Waals surface area (Å²) in [6.45, 7) is 2.22. The number of alkyl halides is 3. The maximum Gasteiger partial charge on any atom is 0.416 e. The molecule has 5 nitrogen and oxygen atoms in total. The lowest BCUT2D eigenvalue weighted by Crippen LogP contribution is -2.57. The standard InChI is InChI=1S/C27H31F4N3O2/c28-23-13-18(12-22(14-23)27(29,30)31)15-33-25(35)26(21-3-4-21)8-5-24(17-36-26)34-10-6-19(7-11-34)20-2-1-9-32-16-20/h1-2,9,12-14,16,19,21,24H,3-8,10-11,15,17H2,(H,33,35). The molecule has 36 heavy (non-hydrogen) atoms. The number of pyridine rings is 1. The van der Waals surface area contributed by atoms with Gasteiger partial charge in [0.25, 0.3) is 5.91 Å². The second-order valence-electron chi connectivity index (χ2n) is 10.3. The minimum Gasteiger partial charge on any atom is -0.363 e. The average Bonchev–Trinajstić information content (AvgIpc) is 3.73. The Balaban J connectivity index is 1.17. The highest BCUT2D eigenvalue weighted by molar-refractivity contribution is 5.86. The van der Waals surface area contributed by atoms with Crippen molar-refractivity contribution in [3.8, 4) is 0 Å². The molecule has 5 rings (SSSR count). The van der Waals surface area contributed by atoms with Gasteiger partial charge in [0, 0.05) is 25.0 Å². The van der Waals surface area contributed by atoms with E-state index < -0.39 is 23.2 Å². The van der Waals surface area contributed by atoms with E-state index in [2.05, 4.69) is 21.3 Å². The van der Waals surface area contributed by atoms with Crippen molar-refractivity contribution in [2.24, 2.45) is 5.92 Å². The van der Waals surface area contributed by atoms with Crippen LogP contribution in [-0.2, 0) is 22.3 Å². The van der Waals surface area contributed by atoms with Gasteiger partial charge in [-0.25, -0.2) is 4.39 Å². The predicted octanol–water partition coefficient (Wildman–Crippen LogP) is 5.06. The summed E-state index contributed by atoms with van der Waals surface area (Å²) in [6, 6.07) is 6.71. The van der Waals surface area contributed by atoms with Crippen LogP contribution in [0.15, 0.2) is 42.7 Å². The topological polar surface area (TPSA) is 54.5 Å². The molecule has 1 aromatic heterocycles. The summed E-state index contributed by atoms with van der Waals surface area (Å²) in [6.07, 6.45) is 4.41. The van der Waals surface area contributed by atoms with Gasteiger partial charge < -0.3 is 10.1 Å². The van der Waals surface area contributed by atoms with E-state index in [0.29, 0.717) is 25.0 Å². The van der Waals surface area contributed by atoms with Crippen LogP contribution in [0, 0.1) is 11.7 Å². The molecule has 2 aromatic rings. The first-order valence-electron chi connectivity index (χ1n) is 12.7. The van der Waals surface area contributed by atoms with Crippen molar-refractivity contribution in [2.45, 2.75) is 68.8 Å². The molecule has 2 unspecified atom stereocenters. The average molecular weight is 506 g/mol. The van der Waals surface area contributed by atoms with E-state index in [0.717, 1.165) is 57.3 Å². The van der Waals surface area contributed by atoms with Gasteiger partial charge in [-0.3, -0.25) is 14.7 Å². The lowest BCUT2D eigenvalue weighted by Gasteiger charge is -2.45. The zero-order chi connectivity index (χ0) is 25.3. The minimum atomic E-state index is -4.65. The first-order valence-corrected chi connectivity index (χ1v) is 12.7. The second-order valence-corrected chi connectivity index (χ2v) is 10.3. The highest BCUT2D eigenvalue weighted by atomic mass is 19.4. The van der Waals surface area contributed by atoms with Crippen molar-refractivity contribution in [3.05, 3.63) is 65.2 Å². The molecule has 1 N–H and O–H groups in total. The van der Waals surface area contributed by atoms with Crippen LogP contribution in [0.2, 0.25) is 0 Å². The maximum absolute atomic E-state index is 13.7. The molecule has 1 aromatic carbocycles. The van der Waals surface area contributed by atoms with Crippen molar-refractivity contribution in [3.63, 3.8) is 0 Å². The summed E-state index contributed by atoms with van der Waals surface area (Å²) >= 11 is 0. The fourth-order valence-electron chi connectivity index (χ4n) is 5.77. The van der Waals surface area contributed by atoms with Crippen molar-refractivity contribution in [1.29, 1.82) is 0 Å². The van der Waals surface area contributed by atoms with Crippen LogP contribution < -0.4 is 5.32 Å². The summed E-state index contributed by atoms with van der Waals surface area (Å²) in [5.41, 5.74) is -0.660. The number of carbonyl (C=O) groups is 1. The number of halogens is 4. The first kappa shape index (κ1) is 25.1. The Bertz CT molecular complexity index is 1060. The van der Waals surface area contributed by atoms with Gasteiger partial charge in [-0.2, -0.15) is 13.2 Å². The molecule has 0 radical (unpaired) electrons. The van der Waals surface area contributed by atoms with Crippen LogP contribution in [0.25, 0.3) is 0 Å². The number of aromatic nitrogens is 1. The van der Waals surface area contributed by atoms with Crippen molar-refractivity contribution in [1.82, 2.24) is 15.2 Å². The van der Waals surface area contributed by atoms with Gasteiger partial charge in [-0.1, -0.05) is 6.07 Å². The van der Waals surface area contributed by atoms with Gasteiger partial charge in [-0.15, -0.1) is 0 Å². The Hall–Kier alpha value is -2.52. The number of benzene rings is 1. The highest BCUT2D eigenvalue weighted by Crippen LogP contribution is 2.47. The summed E-state index contributed by atoms with van der Waals surface area (Å²) in [5.74, 6) is -0.656. The van der Waals surface area contributed by atoms with Gasteiger partial charge in [0.2, 0.25) is 0 Å². The van der Waals surface area contributed by atoms with Crippen molar-refractivity contribution >= 4 is 5.91 Å². The second kappa shape index (κ2) is 10.1. The molecular formula is C27H31F4N3O2. The molecule has 0 bridgehead atoms. The number of ether oxygens (including phenoxy) is 1. The Morgan fingerprint density at radius 2 is 1.92 bits per heavy atom. The third-order valence-corrected chi connectivity index (χ3v) is 7.94. The highest BCUT2D eigenvalue weighted by Gasteiger charge is 2.54. The summed E-state index contributed by atoms with van der Waals surface area (Å²) in [7, 11) is 0. The monoisotopic (exact) mass is 505 g/mol. The number of likely N-dealkylation sites (tertiary alicyclic amines) is 1. The number of rotatable bonds is 6. The summed E-state index contributed by atoms with van der Waals surface area (Å²) in [5, 5.41) is 2.74. The van der Waals surface area contributed by atoms with E-state index >= 15 is 0 Å². The minimum absolute atomic E-state index is 0.0757. The molecular weight excluding hydrogens is 474 g/mol. The van der Waals surface area contributed by atoms with E-state index in [4.69, 9.17) is 4.74 Å². The van der Waals surface area contributed by atoms with Gasteiger partial charge in [-0.05, 0) is 98.8 Å². The molecule has 3 aliphatic rings. The van der Waals surface area contributed by atoms with Crippen LogP contribution in [0.3, 0.4) is 0 Å². The number of hydrogen-bond acceptors (Lipinski definition) is 4. The van der Waals surface area contributed by atoms with Crippen LogP contribution in [0.4, 0.5) is 17.6 Å². The van der Waals surface area contributed by atoms with Crippen molar-refractivity contribution in [2.75, 3.05) is 19.7 Å². The molecule has 3 heterocycles. The fourth-order valence-corrected chi connectivity index (χ4v) is 5.77. The number of amides is 1. The van der Waals surface area contributed by atoms with E-state index in [1.165, 1.54) is 5.56 Å². The van der Waals surface area contributed by atoms with Gasteiger partial charge in [0.05, 0.1) is 12.2 Å². The Morgan fingerprint density at radius 3 is 2.53 bits per heavy atom. The first-order chi connectivity index (χ1) is 17.2. The number of hydrogen-bond donors (Lipinski definition) is 1. The Labute approximate surface area is 208 Å². The molecule has 1 amide bonds. The van der Waals surface area contributed by atoms with E-state index in [1.807, 2.05) is 12.3 Å². The summed E-state index contributed by atoms with van der Waals surface area (Å²) < 4.78 is 59.1. The third-order valence-electron chi connectivity index (χ3n) is 7.94. The van der Waals surface area contributed by atoms with Gasteiger partial charge >= 0.3 is 6.18 Å². The molecule has 3 fully saturated rings. The maximum atomic E-state index is 13.7. The van der Waals surface area contributed by atoms with Gasteiger partial charge in [0.1, 0.15) is 11.4 Å². The number of carbonyl (C=O) groups excluding carboxylic acids is 1. The molecule has 2 saturated heterocycles. The van der Waals surface area contributed by atoms with Crippen molar-refractivity contribution < 1.29 is 27.1 Å². The third kappa shape index (κ3) is 5.42. The van der Waals surface area contributed by atoms with Crippen LogP contribution in [0.5, 0.6) is 0 Å². The SMILES string of the molecule is O=C(NCc1cc(F)cc(C(F)(F)F)c1)C1(C2CC2)CCC(N2CCC(c3cccnc3)CC2)CO1. The quantitative estimate of drug-likeness (QED) is 0.558. The summed E-state index contributed by atoms with van der Waals surface area (Å²) in [4.78, 5) is 19.9. The smallest absolute Gasteiger partial charge is 0.363 e. The number of nitrogens with one attached hydrogen (secondary N) is 1. The van der Waals surface area contributed by atoms with Crippen LogP contribution in [-0.4, -0.2) is 47.1 Å². The number of nitrogens with zero attached hydrogens (tertiary/aromatic N) is 2. The Kier molecular flexibility index (Phi) is 7.05. The van der Waals surface area contributed by atoms with Crippen LogP contribution in [0.1, 0.15) is 61.1 Å². The number of piperidine rings is 1. The van der Waals surface area contributed by atoms with E-state index in [-0.39, 0.29) is 30.0 Å². The zero-order valence-electron chi connectivity index (χ0n) is 20.1. The molecule has 9 heteroatoms. The van der Waals surface area contributed by atoms with E-state index in [9.17, 15) is 22.4 Å². The van der Waals surface area contributed by atoms with Crippen LogP contribution >= 0.6 is 0 Å². The zero-order valence-corrected chi connectivity index (χ0v) is 20.1. The largest absolute Gasteiger partial charge is 0.416 e. The molecule has 2 atom stereocenters. The molecule has 2 aliphatic heterocycles. The normalized spacial score (nSPS) is 26.1. The molecule has 0 spiro atoms. The molecule has 194 valence electrons. The van der Waals surface area contributed by atoms with Gasteiger partial charge in [0.15, 0.2) is 0 Å². The predicted molar refractivity (Wildman–Crippen MR) is 125 cm³/mol. The lowest BCUT2D eigenvalue weighted by atomic mass is 9.84. The lowest BCUT2D eigenvalue weighted by molar-refractivity contribution is -0.165. The van der Waals surface area contributed by atoms with E-state index in [1.54, 1.807) is 6.20 Å².